The molecule has 7 heterocycles. The van der Waals surface area contributed by atoms with Crippen molar-refractivity contribution in [1.82, 2.24) is 35.0 Å². The Labute approximate surface area is 681 Å². The van der Waals surface area contributed by atoms with Crippen LogP contribution in [0.15, 0.2) is 24.3 Å². The first kappa shape index (κ1) is 101. The van der Waals surface area contributed by atoms with Gasteiger partial charge < -0.3 is 29.5 Å². The summed E-state index contributed by atoms with van der Waals surface area (Å²) in [5, 5.41) is 3.08. The van der Waals surface area contributed by atoms with Crippen LogP contribution >= 0.6 is 11.8 Å². The molecule has 0 aromatic heterocycles. The number of rotatable bonds is 28. The second-order valence-electron chi connectivity index (χ2n) is 28.9. The number of thioether (sulfide) groups is 1. The Balaban J connectivity index is 0.000000700. The van der Waals surface area contributed by atoms with Crippen molar-refractivity contribution in [2.45, 2.75) is 218 Å². The Hall–Kier alpha value is -8.60. The molecule has 0 bridgehead atoms. The first-order valence-electron chi connectivity index (χ1n) is 35.8. The fourth-order valence-electron chi connectivity index (χ4n) is 11.4. The molecule has 7 aliphatic heterocycles. The number of nitrogens with zero attached hydrogens (tertiary/aromatic N) is 7. The van der Waals surface area contributed by atoms with E-state index in [1.807, 2.05) is 69.2 Å². The summed E-state index contributed by atoms with van der Waals surface area (Å²) in [6.07, 6.45) is 2.28. The van der Waals surface area contributed by atoms with Crippen LogP contribution in [0.2, 0.25) is 0 Å². The number of hydrogen-bond acceptors (Lipinski definition) is 28. The van der Waals surface area contributed by atoms with Gasteiger partial charge in [0.2, 0.25) is 47.3 Å². The van der Waals surface area contributed by atoms with Crippen LogP contribution in [0, 0.1) is 96.7 Å². The van der Waals surface area contributed by atoms with Crippen LogP contribution in [0.5, 0.6) is 0 Å². The van der Waals surface area contributed by atoms with Gasteiger partial charge in [0.15, 0.2) is 11.0 Å². The zero-order valence-corrected chi connectivity index (χ0v) is 70.5. The molecule has 7 saturated heterocycles. The van der Waals surface area contributed by atoms with Gasteiger partial charge >= 0.3 is 23.9 Å². The Morgan fingerprint density at radius 2 is 0.938 bits per heavy atom. The number of imide groups is 7. The number of hydroxylamine groups is 8. The van der Waals surface area contributed by atoms with Gasteiger partial charge in [-0.25, -0.2) is 19.2 Å². The van der Waals surface area contributed by atoms with Crippen molar-refractivity contribution in [2.75, 3.05) is 32.1 Å². The van der Waals surface area contributed by atoms with E-state index in [2.05, 4.69) is 14.3 Å². The van der Waals surface area contributed by atoms with Crippen LogP contribution in [0.3, 0.4) is 0 Å². The average Bonchev–Trinajstić information content (AvgIpc) is 1.75. The molecule has 7 fully saturated rings. The van der Waals surface area contributed by atoms with E-state index in [4.69, 9.17) is 14.5 Å². The zero-order valence-electron chi connectivity index (χ0n) is 64.7. The van der Waals surface area contributed by atoms with Crippen molar-refractivity contribution in [2.24, 2.45) is 59.2 Å². The molecule has 35 nitrogen and oxygen atoms in total. The minimum atomic E-state index is -4.22. The predicted octanol–water partition coefficient (Wildman–Crippen LogP) is 5.99. The summed E-state index contributed by atoms with van der Waals surface area (Å²) < 4.78 is 28.5. The molecule has 38 heteroatoms. The summed E-state index contributed by atoms with van der Waals surface area (Å²) in [4.78, 5) is 257. The zero-order chi connectivity index (χ0) is 82.5. The van der Waals surface area contributed by atoms with E-state index >= 15 is 0 Å². The van der Waals surface area contributed by atoms with Crippen molar-refractivity contribution in [3.63, 3.8) is 0 Å². The molecule has 0 aliphatic carbocycles. The largest absolute Gasteiger partial charge is 0.363 e. The number of ketones is 1. The number of amides is 15. The van der Waals surface area contributed by atoms with Gasteiger partial charge in [-0.1, -0.05) is 125 Å². The van der Waals surface area contributed by atoms with Crippen LogP contribution < -0.4 is 5.32 Å². The maximum absolute atomic E-state index is 12.3. The SMILES string of the molecule is C.C.CC(C)C1CC(=O)N(CCCC(=O)ON2C(=O)[CH-]CC2=O)C1=O.CC(C)CC(=O)Nc1ccc(C(=O)ON2C(=O)CC(C)C2=O)cc1.CC(C)CC(=O)ON1C(=O)CC(C)C1=O.CC1CC(=O)N(CC(=O)CCN2C(=O)CC(C(C)C)C2=O)C1=O.COS(=O)(=O)C(CC(C)SC(C)C)C(=O)ON1C(=O)CC(C)C1=O.[U]. The summed E-state index contributed by atoms with van der Waals surface area (Å²) in [5.41, 5.74) is 0.733. The van der Waals surface area contributed by atoms with Gasteiger partial charge in [-0.15, -0.1) is 20.3 Å². The number of anilines is 1. The van der Waals surface area contributed by atoms with E-state index < -0.39 is 98.3 Å². The second-order valence-corrected chi connectivity index (χ2v) is 32.8. The average molecular weight is 1840 g/mol. The monoisotopic (exact) mass is 1840 g/mol. The molecule has 1 aromatic rings. The molecule has 8 rings (SSSR count). The van der Waals surface area contributed by atoms with Crippen molar-refractivity contribution in [3.8, 4) is 0 Å². The van der Waals surface area contributed by atoms with Gasteiger partial charge in [0.1, 0.15) is 5.91 Å². The summed E-state index contributed by atoms with van der Waals surface area (Å²) in [6.45, 7) is 27.1. The van der Waals surface area contributed by atoms with Crippen LogP contribution in [-0.4, -0.2) is 204 Å². The number of likely N-dealkylation sites (tertiary alicyclic amines) is 3. The molecule has 1 aromatic carbocycles. The Bertz CT molecular complexity index is 3790. The van der Waals surface area contributed by atoms with Gasteiger partial charge in [-0.05, 0) is 66.0 Å². The fraction of sp³-hybridized carbons (Fsp3) is 0.635. The van der Waals surface area contributed by atoms with Crippen molar-refractivity contribution < 1.29 is 159 Å². The third-order valence-corrected chi connectivity index (χ3v) is 20.2. The number of nitrogens with one attached hydrogen (secondary N) is 1. The number of benzene rings is 1. The van der Waals surface area contributed by atoms with Crippen LogP contribution in [0.1, 0.15) is 213 Å². The molecule has 622 valence electrons. The van der Waals surface area contributed by atoms with Gasteiger partial charge in [-0.2, -0.15) is 20.2 Å². The molecule has 0 radical (unpaired) electrons. The maximum atomic E-state index is 12.3. The molecule has 1 N–H and O–H groups in total. The molecule has 112 heavy (non-hydrogen) atoms. The van der Waals surface area contributed by atoms with Crippen molar-refractivity contribution >= 4 is 146 Å². The third-order valence-electron chi connectivity index (χ3n) is 17.4. The molecule has 8 atom stereocenters. The standard InChI is InChI=1S/C17H20N2O5.C16H22N2O5.C15H19N2O6.C14H23NO7S2.C10H15NO4.2CH4.U/c1-10(2)8-14(20)18-13-6-4-12(5-7-13)17(23)24-19-15(21)9-11(3)16(19)22;1-9(2)12-7-14(21)17(16(12)23)5-4-11(19)8-18-13(20)6-10(3)15(18)22;1-9(2)10-8-13(20)16(15(10)22)7-3-4-14(21)23-17-11(18)5-6-12(17)19;1-8(2)23-10(4)7-11(24(19,20)21-5)14(18)22-15-12(16)6-9(3)13(15)17;1-6(2)4-9(13)15-11-8(12)5-7(3)10(11)14;;;/h4-7,10-11H,8-9H2,1-3H3,(H,18,20);9-10,12H,4-8H2,1-3H3;5,9-10H,3-4,6-8H2,1-2H3;8-11H,6-7H2,1-5H3;6-7H,4-5H2,1-3H3;2*1H4;/q;;-1;;;;;. The van der Waals surface area contributed by atoms with E-state index in [1.54, 1.807) is 39.8 Å². The summed E-state index contributed by atoms with van der Waals surface area (Å²) in [6, 6.07) is 6.04. The molecular weight excluding hydrogens is 1740 g/mol. The molecule has 8 unspecified atom stereocenters. The molecular formula is C74H107N8O27S2U-. The number of carbonyl (C=O) groups is 20. The molecule has 15 amide bonds. The van der Waals surface area contributed by atoms with Gasteiger partial charge in [0.05, 0.1) is 25.6 Å². The minimum absolute atomic E-state index is 0. The maximum Gasteiger partial charge on any atom is 0.363 e. The first-order chi connectivity index (χ1) is 50.7. The van der Waals surface area contributed by atoms with E-state index in [1.165, 1.54) is 30.8 Å². The number of hydrogen-bond donors (Lipinski definition) is 1. The quantitative estimate of drug-likeness (QED) is 0.0571. The molecule has 0 spiro atoms. The molecule has 0 saturated carbocycles. The van der Waals surface area contributed by atoms with Gasteiger partial charge in [-0.3, -0.25) is 97.2 Å². The Kier molecular flexibility index (Phi) is 41.6. The number of Topliss-reactive ketones (excluding diaryl/α,β-unsaturated/α-hetero) is 1. The van der Waals surface area contributed by atoms with Crippen molar-refractivity contribution in [3.05, 3.63) is 36.2 Å². The van der Waals surface area contributed by atoms with E-state index in [-0.39, 0.29) is 253 Å². The van der Waals surface area contributed by atoms with E-state index in [0.717, 1.165) is 28.2 Å². The number of carbonyl (C=O) groups excluding carboxylic acids is 20. The van der Waals surface area contributed by atoms with Crippen molar-refractivity contribution in [1.29, 1.82) is 0 Å². The molecule has 7 aliphatic rings. The summed E-state index contributed by atoms with van der Waals surface area (Å²) in [5.74, 6) is -11.8. The van der Waals surface area contributed by atoms with Crippen LogP contribution in [-0.2, 0) is 125 Å². The fourth-order valence-corrected chi connectivity index (χ4v) is 13.8. The predicted molar refractivity (Wildman–Crippen MR) is 394 cm³/mol. The first-order valence-corrected chi connectivity index (χ1v) is 38.2. The topological polar surface area (TPSA) is 456 Å². The van der Waals surface area contributed by atoms with Gasteiger partial charge in [0, 0.05) is 148 Å². The van der Waals surface area contributed by atoms with E-state index in [9.17, 15) is 104 Å². The minimum Gasteiger partial charge on any atom is -0.333 e. The summed E-state index contributed by atoms with van der Waals surface area (Å²) >= 11 is 1.50. The normalized spacial score (nSPS) is 20.7. The third kappa shape index (κ3) is 29.4. The Morgan fingerprint density at radius 3 is 1.33 bits per heavy atom. The van der Waals surface area contributed by atoms with Crippen LogP contribution in [0.4, 0.5) is 5.69 Å². The second kappa shape index (κ2) is 45.9. The van der Waals surface area contributed by atoms with E-state index in [0.29, 0.717) is 32.4 Å². The Morgan fingerprint density at radius 1 is 0.509 bits per heavy atom. The summed E-state index contributed by atoms with van der Waals surface area (Å²) in [7, 11) is -3.27. The van der Waals surface area contributed by atoms with Crippen LogP contribution in [0.25, 0.3) is 0 Å². The van der Waals surface area contributed by atoms with Gasteiger partial charge in [0.25, 0.3) is 45.6 Å². The smallest absolute Gasteiger partial charge is 0.333 e.